The molecule has 1 aromatic heterocycles. The van der Waals surface area contributed by atoms with Crippen molar-refractivity contribution in [1.29, 1.82) is 0 Å². The Labute approximate surface area is 129 Å². The van der Waals surface area contributed by atoms with Crippen LogP contribution in [0, 0.1) is 12.7 Å². The molecule has 0 amide bonds. The van der Waals surface area contributed by atoms with Gasteiger partial charge in [0.15, 0.2) is 0 Å². The first-order valence-electron chi connectivity index (χ1n) is 5.83. The van der Waals surface area contributed by atoms with E-state index < -0.39 is 20.7 Å². The molecule has 2 rings (SSSR count). The highest BCUT2D eigenvalue weighted by atomic mass is 79.9. The predicted octanol–water partition coefficient (Wildman–Crippen LogP) is 1.86. The third kappa shape index (κ3) is 3.42. The fraction of sp³-hybridized carbons (Fsp3) is 0.250. The second-order valence-electron chi connectivity index (χ2n) is 4.39. The fourth-order valence-electron chi connectivity index (χ4n) is 1.81. The van der Waals surface area contributed by atoms with Gasteiger partial charge >= 0.3 is 0 Å². The predicted molar refractivity (Wildman–Crippen MR) is 77.8 cm³/mol. The molecule has 0 spiro atoms. The summed E-state index contributed by atoms with van der Waals surface area (Å²) in [6, 6.07) is 3.16. The van der Waals surface area contributed by atoms with E-state index in [2.05, 4.69) is 21.0 Å². The first-order chi connectivity index (χ1) is 9.70. The van der Waals surface area contributed by atoms with E-state index in [0.29, 0.717) is 0 Å². The van der Waals surface area contributed by atoms with Gasteiger partial charge in [0, 0.05) is 7.05 Å². The summed E-state index contributed by atoms with van der Waals surface area (Å²) in [6.45, 7) is 1.88. The molecule has 0 aliphatic heterocycles. The summed E-state index contributed by atoms with van der Waals surface area (Å²) >= 11 is 3.38. The van der Waals surface area contributed by atoms with Gasteiger partial charge < -0.3 is 4.74 Å². The maximum atomic E-state index is 13.2. The Kier molecular flexibility index (Phi) is 4.35. The highest BCUT2D eigenvalue weighted by molar-refractivity contribution is 9.10. The molecule has 2 N–H and O–H groups in total. The molecule has 6 nitrogen and oxygen atoms in total. The first-order valence-corrected chi connectivity index (χ1v) is 8.17. The molecule has 0 unspecified atom stereocenters. The molecule has 9 heteroatoms. The average molecular weight is 378 g/mol. The zero-order valence-corrected chi connectivity index (χ0v) is 13.7. The van der Waals surface area contributed by atoms with Gasteiger partial charge in [0.25, 0.3) is 0 Å². The van der Waals surface area contributed by atoms with Gasteiger partial charge in [0.05, 0.1) is 15.9 Å². The molecule has 0 aliphatic rings. The van der Waals surface area contributed by atoms with Crippen molar-refractivity contribution in [2.45, 2.75) is 18.4 Å². The van der Waals surface area contributed by atoms with Gasteiger partial charge in [-0.1, -0.05) is 0 Å². The van der Waals surface area contributed by atoms with Crippen molar-refractivity contribution in [2.24, 2.45) is 12.2 Å². The molecule has 0 bridgehead atoms. The number of sulfonamides is 1. The first kappa shape index (κ1) is 15.9. The molecule has 1 heterocycles. The number of aryl methyl sites for hydroxylation is 2. The molecule has 2 aromatic rings. The fourth-order valence-corrected chi connectivity index (χ4v) is 2.94. The Morgan fingerprint density at radius 1 is 1.48 bits per heavy atom. The molecule has 114 valence electrons. The number of benzene rings is 1. The number of nitrogens with zero attached hydrogens (tertiary/aromatic N) is 2. The standard InChI is InChI=1S/C12H13BrFN3O3S/c1-7-12(13)9(17(2)16-7)6-20-10-4-3-8(14)5-11(10)21(15,18)19/h3-5H,6H2,1-2H3,(H2,15,18,19). The summed E-state index contributed by atoms with van der Waals surface area (Å²) in [5, 5.41) is 9.25. The number of halogens is 2. The Bertz CT molecular complexity index is 789. The van der Waals surface area contributed by atoms with Crippen molar-refractivity contribution in [2.75, 3.05) is 0 Å². The molecule has 0 radical (unpaired) electrons. The van der Waals surface area contributed by atoms with E-state index in [4.69, 9.17) is 9.88 Å². The lowest BCUT2D eigenvalue weighted by molar-refractivity contribution is 0.285. The molecule has 21 heavy (non-hydrogen) atoms. The van der Waals surface area contributed by atoms with E-state index in [1.165, 1.54) is 6.07 Å². The maximum absolute atomic E-state index is 13.2. The largest absolute Gasteiger partial charge is 0.486 e. The van der Waals surface area contributed by atoms with Gasteiger partial charge in [-0.25, -0.2) is 17.9 Å². The Morgan fingerprint density at radius 2 is 2.14 bits per heavy atom. The van der Waals surface area contributed by atoms with Gasteiger partial charge in [0.2, 0.25) is 10.0 Å². The Morgan fingerprint density at radius 3 is 2.67 bits per heavy atom. The summed E-state index contributed by atoms with van der Waals surface area (Å²) in [5.41, 5.74) is 1.50. The zero-order valence-electron chi connectivity index (χ0n) is 11.3. The lowest BCUT2D eigenvalue weighted by atomic mass is 10.3. The molecule has 1 aromatic carbocycles. The number of primary sulfonamides is 1. The number of hydrogen-bond acceptors (Lipinski definition) is 4. The van der Waals surface area contributed by atoms with E-state index in [1.54, 1.807) is 11.7 Å². The van der Waals surface area contributed by atoms with E-state index in [9.17, 15) is 12.8 Å². The highest BCUT2D eigenvalue weighted by Gasteiger charge is 2.18. The van der Waals surface area contributed by atoms with Crippen LogP contribution in [0.25, 0.3) is 0 Å². The van der Waals surface area contributed by atoms with Crippen molar-refractivity contribution < 1.29 is 17.5 Å². The topological polar surface area (TPSA) is 87.2 Å². The summed E-state index contributed by atoms with van der Waals surface area (Å²) < 4.78 is 43.9. The molecule has 0 aliphatic carbocycles. The molecule has 0 atom stereocenters. The lowest BCUT2D eigenvalue weighted by Crippen LogP contribution is -2.14. The average Bonchev–Trinajstić information content (AvgIpc) is 2.61. The molecular weight excluding hydrogens is 365 g/mol. The van der Waals surface area contributed by atoms with Crippen LogP contribution in [0.4, 0.5) is 4.39 Å². The summed E-state index contributed by atoms with van der Waals surface area (Å²) in [7, 11) is -2.34. The van der Waals surface area contributed by atoms with Crippen molar-refractivity contribution >= 4 is 26.0 Å². The van der Waals surface area contributed by atoms with Gasteiger partial charge in [-0.3, -0.25) is 4.68 Å². The monoisotopic (exact) mass is 377 g/mol. The minimum Gasteiger partial charge on any atom is -0.486 e. The molecule has 0 saturated heterocycles. The minimum absolute atomic E-state index is 0.00958. The van der Waals surface area contributed by atoms with Gasteiger partial charge in [-0.15, -0.1) is 0 Å². The van der Waals surface area contributed by atoms with Crippen LogP contribution >= 0.6 is 15.9 Å². The number of nitrogens with two attached hydrogens (primary N) is 1. The SMILES string of the molecule is Cc1nn(C)c(COc2ccc(F)cc2S(N)(=O)=O)c1Br. The van der Waals surface area contributed by atoms with Crippen LogP contribution < -0.4 is 9.88 Å². The Balaban J connectivity index is 2.33. The Hall–Kier alpha value is -1.45. The van der Waals surface area contributed by atoms with Crippen LogP contribution in [0.15, 0.2) is 27.6 Å². The summed E-state index contributed by atoms with van der Waals surface area (Å²) in [4.78, 5) is -0.391. The quantitative estimate of drug-likeness (QED) is 0.880. The van der Waals surface area contributed by atoms with Crippen LogP contribution in [0.3, 0.4) is 0 Å². The highest BCUT2D eigenvalue weighted by Crippen LogP contribution is 2.26. The van der Waals surface area contributed by atoms with Crippen molar-refractivity contribution in [1.82, 2.24) is 9.78 Å². The van der Waals surface area contributed by atoms with Crippen LogP contribution in [-0.4, -0.2) is 18.2 Å². The van der Waals surface area contributed by atoms with E-state index in [-0.39, 0.29) is 12.4 Å². The van der Waals surface area contributed by atoms with Crippen molar-refractivity contribution in [3.63, 3.8) is 0 Å². The zero-order chi connectivity index (χ0) is 15.8. The number of rotatable bonds is 4. The maximum Gasteiger partial charge on any atom is 0.241 e. The summed E-state index contributed by atoms with van der Waals surface area (Å²) in [6.07, 6.45) is 0. The number of hydrogen-bond donors (Lipinski definition) is 1. The van der Waals surface area contributed by atoms with Crippen molar-refractivity contribution in [3.8, 4) is 5.75 Å². The van der Waals surface area contributed by atoms with Crippen molar-refractivity contribution in [3.05, 3.63) is 39.9 Å². The van der Waals surface area contributed by atoms with E-state index in [1.807, 2.05) is 6.92 Å². The van der Waals surface area contributed by atoms with Gasteiger partial charge in [-0.2, -0.15) is 5.10 Å². The number of aromatic nitrogens is 2. The van der Waals surface area contributed by atoms with Crippen LogP contribution in [0.1, 0.15) is 11.4 Å². The van der Waals surface area contributed by atoms with E-state index >= 15 is 0 Å². The number of ether oxygens (including phenoxy) is 1. The normalized spacial score (nSPS) is 11.7. The third-order valence-electron chi connectivity index (χ3n) is 2.84. The molecule has 0 saturated carbocycles. The van der Waals surface area contributed by atoms with Crippen LogP contribution in [0.5, 0.6) is 5.75 Å². The van der Waals surface area contributed by atoms with Gasteiger partial charge in [0.1, 0.15) is 23.1 Å². The minimum atomic E-state index is -4.07. The molecule has 0 fully saturated rings. The second-order valence-corrected chi connectivity index (χ2v) is 6.72. The van der Waals surface area contributed by atoms with Crippen LogP contribution in [0.2, 0.25) is 0 Å². The van der Waals surface area contributed by atoms with Crippen LogP contribution in [-0.2, 0) is 23.7 Å². The van der Waals surface area contributed by atoms with Gasteiger partial charge in [-0.05, 0) is 41.1 Å². The summed E-state index contributed by atoms with van der Waals surface area (Å²) in [5.74, 6) is -0.714. The smallest absolute Gasteiger partial charge is 0.241 e. The van der Waals surface area contributed by atoms with E-state index in [0.717, 1.165) is 28.0 Å². The second kappa shape index (κ2) is 5.74. The third-order valence-corrected chi connectivity index (χ3v) is 4.80. The molecular formula is C12H13BrFN3O3S. The lowest BCUT2D eigenvalue weighted by Gasteiger charge is -2.11.